The average molecular weight is 378 g/mol. The minimum Gasteiger partial charge on any atom is -0.338 e. The number of urea groups is 1. The van der Waals surface area contributed by atoms with Crippen molar-refractivity contribution in [3.63, 3.8) is 0 Å². The monoisotopic (exact) mass is 377 g/mol. The molecule has 4 amide bonds. The third-order valence-electron chi connectivity index (χ3n) is 5.23. The summed E-state index contributed by atoms with van der Waals surface area (Å²) in [7, 11) is 1.54. The lowest BCUT2D eigenvalue weighted by Crippen LogP contribution is -2.58. The molecule has 3 rings (SSSR count). The average Bonchev–Trinajstić information content (AvgIpc) is 2.78. The van der Waals surface area contributed by atoms with Gasteiger partial charge in [0.2, 0.25) is 0 Å². The standard InChI is InChI=1S/C19H24ClN3O3/c1-13(2)12-23-18(26)21(3)17(25)19(23)7-9-22(10-8-19)16(24)14-5-4-6-15(20)11-14/h4-6,11,13H,7-10,12H2,1-3H3. The van der Waals surface area contributed by atoms with E-state index in [1.807, 2.05) is 13.8 Å². The fourth-order valence-corrected chi connectivity index (χ4v) is 4.05. The van der Waals surface area contributed by atoms with Crippen LogP contribution < -0.4 is 0 Å². The van der Waals surface area contributed by atoms with Gasteiger partial charge in [0.05, 0.1) is 0 Å². The number of amides is 4. The van der Waals surface area contributed by atoms with E-state index in [0.29, 0.717) is 43.1 Å². The minimum absolute atomic E-state index is 0.0945. The third-order valence-corrected chi connectivity index (χ3v) is 5.47. The number of imide groups is 1. The van der Waals surface area contributed by atoms with Gasteiger partial charge < -0.3 is 9.80 Å². The summed E-state index contributed by atoms with van der Waals surface area (Å²) in [5, 5.41) is 0.519. The van der Waals surface area contributed by atoms with Gasteiger partial charge in [-0.2, -0.15) is 0 Å². The number of carbonyl (C=O) groups excluding carboxylic acids is 3. The molecular formula is C19H24ClN3O3. The van der Waals surface area contributed by atoms with Crippen molar-refractivity contribution in [2.45, 2.75) is 32.2 Å². The van der Waals surface area contributed by atoms with Crippen molar-refractivity contribution in [2.75, 3.05) is 26.7 Å². The van der Waals surface area contributed by atoms with Crippen LogP contribution in [0.25, 0.3) is 0 Å². The number of likely N-dealkylation sites (tertiary alicyclic amines) is 1. The normalized spacial score (nSPS) is 19.8. The zero-order valence-corrected chi connectivity index (χ0v) is 16.1. The zero-order chi connectivity index (χ0) is 19.1. The van der Waals surface area contributed by atoms with E-state index in [1.54, 1.807) is 34.1 Å². The van der Waals surface area contributed by atoms with Crippen LogP contribution >= 0.6 is 11.6 Å². The lowest BCUT2D eigenvalue weighted by atomic mass is 9.85. The number of rotatable bonds is 3. The summed E-state index contributed by atoms with van der Waals surface area (Å²) in [5.74, 6) is 0.0159. The lowest BCUT2D eigenvalue weighted by molar-refractivity contribution is -0.134. The number of likely N-dealkylation sites (N-methyl/N-ethyl adjacent to an activating group) is 1. The van der Waals surface area contributed by atoms with E-state index in [2.05, 4.69) is 0 Å². The first-order valence-electron chi connectivity index (χ1n) is 8.91. The molecule has 1 aromatic carbocycles. The molecule has 2 aliphatic rings. The second-order valence-corrected chi connectivity index (χ2v) is 7.92. The molecule has 0 N–H and O–H groups in total. The Morgan fingerprint density at radius 3 is 2.46 bits per heavy atom. The van der Waals surface area contributed by atoms with Crippen molar-refractivity contribution >= 4 is 29.4 Å². The Kier molecular flexibility index (Phi) is 4.97. The van der Waals surface area contributed by atoms with E-state index in [9.17, 15) is 14.4 Å². The molecule has 1 spiro atoms. The fraction of sp³-hybridized carbons (Fsp3) is 0.526. The predicted molar refractivity (Wildman–Crippen MR) is 99.0 cm³/mol. The number of piperidine rings is 1. The van der Waals surface area contributed by atoms with Gasteiger partial charge in [0.1, 0.15) is 5.54 Å². The summed E-state index contributed by atoms with van der Waals surface area (Å²) in [6, 6.07) is 6.63. The first kappa shape index (κ1) is 18.7. The van der Waals surface area contributed by atoms with Crippen molar-refractivity contribution in [3.05, 3.63) is 34.9 Å². The van der Waals surface area contributed by atoms with Crippen molar-refractivity contribution in [1.29, 1.82) is 0 Å². The second-order valence-electron chi connectivity index (χ2n) is 7.49. The molecule has 2 fully saturated rings. The van der Waals surface area contributed by atoms with Gasteiger partial charge in [0.15, 0.2) is 0 Å². The molecule has 0 saturated carbocycles. The Balaban J connectivity index is 1.78. The lowest BCUT2D eigenvalue weighted by Gasteiger charge is -2.42. The molecule has 1 aromatic rings. The summed E-state index contributed by atoms with van der Waals surface area (Å²) in [6.45, 7) is 5.47. The van der Waals surface area contributed by atoms with E-state index < -0.39 is 5.54 Å². The second kappa shape index (κ2) is 6.91. The predicted octanol–water partition coefficient (Wildman–Crippen LogP) is 2.86. The van der Waals surface area contributed by atoms with Crippen molar-refractivity contribution in [2.24, 2.45) is 5.92 Å². The summed E-state index contributed by atoms with van der Waals surface area (Å²) in [6.07, 6.45) is 0.919. The SMILES string of the molecule is CC(C)CN1C(=O)N(C)C(=O)C12CCN(C(=O)c1cccc(Cl)c1)CC2. The van der Waals surface area contributed by atoms with Gasteiger partial charge >= 0.3 is 6.03 Å². The Bertz CT molecular complexity index is 741. The van der Waals surface area contributed by atoms with E-state index in [0.717, 1.165) is 0 Å². The van der Waals surface area contributed by atoms with Crippen molar-refractivity contribution < 1.29 is 14.4 Å². The van der Waals surface area contributed by atoms with Gasteiger partial charge in [0.25, 0.3) is 11.8 Å². The highest BCUT2D eigenvalue weighted by Gasteiger charge is 2.57. The maximum atomic E-state index is 12.8. The van der Waals surface area contributed by atoms with Gasteiger partial charge in [-0.3, -0.25) is 14.5 Å². The smallest absolute Gasteiger partial charge is 0.327 e. The number of halogens is 1. The Morgan fingerprint density at radius 2 is 1.88 bits per heavy atom. The van der Waals surface area contributed by atoms with E-state index in [-0.39, 0.29) is 23.8 Å². The van der Waals surface area contributed by atoms with Gasteiger partial charge in [-0.25, -0.2) is 4.79 Å². The topological polar surface area (TPSA) is 60.9 Å². The molecule has 0 atom stereocenters. The molecule has 140 valence electrons. The summed E-state index contributed by atoms with van der Waals surface area (Å²) < 4.78 is 0. The Labute approximate surface area is 158 Å². The highest BCUT2D eigenvalue weighted by Crippen LogP contribution is 2.37. The molecule has 26 heavy (non-hydrogen) atoms. The van der Waals surface area contributed by atoms with Crippen LogP contribution in [0.2, 0.25) is 5.02 Å². The zero-order valence-electron chi connectivity index (χ0n) is 15.4. The van der Waals surface area contributed by atoms with E-state index >= 15 is 0 Å². The van der Waals surface area contributed by atoms with Gasteiger partial charge in [0, 0.05) is 37.3 Å². The molecule has 0 bridgehead atoms. The van der Waals surface area contributed by atoms with Crippen LogP contribution in [0.1, 0.15) is 37.0 Å². The molecule has 0 radical (unpaired) electrons. The van der Waals surface area contributed by atoms with Crippen LogP contribution in [-0.4, -0.2) is 64.8 Å². The fourth-order valence-electron chi connectivity index (χ4n) is 3.86. The number of carbonyl (C=O) groups is 3. The Morgan fingerprint density at radius 1 is 1.23 bits per heavy atom. The van der Waals surface area contributed by atoms with Crippen LogP contribution in [0.3, 0.4) is 0 Å². The number of hydrogen-bond donors (Lipinski definition) is 0. The maximum absolute atomic E-state index is 12.8. The van der Waals surface area contributed by atoms with Crippen LogP contribution in [0.5, 0.6) is 0 Å². The molecule has 0 aromatic heterocycles. The summed E-state index contributed by atoms with van der Waals surface area (Å²) in [4.78, 5) is 42.7. The number of benzene rings is 1. The molecule has 2 aliphatic heterocycles. The van der Waals surface area contributed by atoms with Crippen LogP contribution in [-0.2, 0) is 4.79 Å². The largest absolute Gasteiger partial charge is 0.338 e. The molecule has 0 aliphatic carbocycles. The van der Waals surface area contributed by atoms with Crippen LogP contribution in [0.4, 0.5) is 4.79 Å². The highest BCUT2D eigenvalue weighted by molar-refractivity contribution is 6.30. The molecule has 6 nitrogen and oxygen atoms in total. The number of nitrogens with zero attached hydrogens (tertiary/aromatic N) is 3. The van der Waals surface area contributed by atoms with Crippen molar-refractivity contribution in [3.8, 4) is 0 Å². The quantitative estimate of drug-likeness (QED) is 0.761. The Hall–Kier alpha value is -2.08. The van der Waals surface area contributed by atoms with E-state index in [4.69, 9.17) is 11.6 Å². The summed E-state index contributed by atoms with van der Waals surface area (Å²) >= 11 is 5.98. The molecule has 2 saturated heterocycles. The third kappa shape index (κ3) is 3.07. The summed E-state index contributed by atoms with van der Waals surface area (Å²) in [5.41, 5.74) is -0.278. The first-order chi connectivity index (χ1) is 12.3. The maximum Gasteiger partial charge on any atom is 0.327 e. The van der Waals surface area contributed by atoms with Gasteiger partial charge in [-0.1, -0.05) is 31.5 Å². The molecule has 0 unspecified atom stereocenters. The van der Waals surface area contributed by atoms with Gasteiger partial charge in [-0.15, -0.1) is 0 Å². The van der Waals surface area contributed by atoms with Crippen LogP contribution in [0.15, 0.2) is 24.3 Å². The van der Waals surface area contributed by atoms with Crippen molar-refractivity contribution in [1.82, 2.24) is 14.7 Å². The molecule has 7 heteroatoms. The first-order valence-corrected chi connectivity index (χ1v) is 9.28. The molecule has 2 heterocycles. The minimum atomic E-state index is -0.818. The molecular weight excluding hydrogens is 354 g/mol. The van der Waals surface area contributed by atoms with E-state index in [1.165, 1.54) is 11.9 Å². The number of hydrogen-bond acceptors (Lipinski definition) is 3. The van der Waals surface area contributed by atoms with Gasteiger partial charge in [-0.05, 0) is 37.0 Å². The van der Waals surface area contributed by atoms with Crippen LogP contribution in [0, 0.1) is 5.92 Å². The highest BCUT2D eigenvalue weighted by atomic mass is 35.5.